The van der Waals surface area contributed by atoms with E-state index in [2.05, 4.69) is 4.74 Å². The number of benzene rings is 2. The number of carbonyl (C=O) groups is 1. The van der Waals surface area contributed by atoms with E-state index in [1.807, 2.05) is 6.92 Å². The number of aryl methyl sites for hydroxylation is 1. The average molecular weight is 540 g/mol. The van der Waals surface area contributed by atoms with Crippen LogP contribution in [0.1, 0.15) is 22.8 Å². The number of carbonyl (C=O) groups excluding carboxylic acids is 1. The van der Waals surface area contributed by atoms with Gasteiger partial charge in [0.1, 0.15) is 0 Å². The van der Waals surface area contributed by atoms with Gasteiger partial charge in [0.2, 0.25) is 0 Å². The SMILES string of the molecule is CCc1ccc(-c2ccc(C(=O)OCC(F)(F)C(F)(F)C(F)(F)C(F)(F)C(F)(F)C(F)F)cc2)cc1. The summed E-state index contributed by atoms with van der Waals surface area (Å²) in [7, 11) is 0. The smallest absolute Gasteiger partial charge is 0.384 e. The molecule has 0 heterocycles. The van der Waals surface area contributed by atoms with Gasteiger partial charge in [-0.3, -0.25) is 0 Å². The minimum atomic E-state index is -7.68. The molecule has 0 fully saturated rings. The van der Waals surface area contributed by atoms with Gasteiger partial charge in [-0.15, -0.1) is 0 Å². The standard InChI is InChI=1S/C22H16F12O2/c1-2-12-3-5-13(6-4-12)14-7-9-15(10-8-14)16(35)36-11-18(25,26)20(29,30)22(33,34)21(31,32)19(27,28)17(23)24/h3-10,17H,2,11H2,1H3. The number of ether oxygens (including phenoxy) is 1. The summed E-state index contributed by atoms with van der Waals surface area (Å²) in [6.45, 7) is -1.04. The van der Waals surface area contributed by atoms with Gasteiger partial charge >= 0.3 is 42.0 Å². The Labute approximate surface area is 195 Å². The lowest BCUT2D eigenvalue weighted by Gasteiger charge is -2.38. The fourth-order valence-corrected chi connectivity index (χ4v) is 2.84. The Morgan fingerprint density at radius 1 is 0.722 bits per heavy atom. The van der Waals surface area contributed by atoms with Crippen LogP contribution in [0.3, 0.4) is 0 Å². The molecule has 2 aromatic carbocycles. The van der Waals surface area contributed by atoms with Crippen molar-refractivity contribution in [3.63, 3.8) is 0 Å². The van der Waals surface area contributed by atoms with Crippen LogP contribution in [0.5, 0.6) is 0 Å². The van der Waals surface area contributed by atoms with Crippen molar-refractivity contribution in [1.29, 1.82) is 0 Å². The Hall–Kier alpha value is -2.93. The fourth-order valence-electron chi connectivity index (χ4n) is 2.84. The lowest BCUT2D eigenvalue weighted by Crippen LogP contribution is -2.69. The third kappa shape index (κ3) is 4.99. The van der Waals surface area contributed by atoms with Crippen molar-refractivity contribution in [2.24, 2.45) is 0 Å². The first-order valence-corrected chi connectivity index (χ1v) is 9.87. The summed E-state index contributed by atoms with van der Waals surface area (Å²) in [6, 6.07) is 11.6. The van der Waals surface area contributed by atoms with E-state index in [1.165, 1.54) is 12.1 Å². The predicted molar refractivity (Wildman–Crippen MR) is 102 cm³/mol. The molecule has 0 N–H and O–H groups in total. The van der Waals surface area contributed by atoms with E-state index in [9.17, 15) is 57.5 Å². The van der Waals surface area contributed by atoms with Crippen molar-refractivity contribution >= 4 is 5.97 Å². The summed E-state index contributed by atoms with van der Waals surface area (Å²) in [6.07, 6.45) is -4.83. The Kier molecular flexibility index (Phi) is 8.02. The molecule has 0 saturated carbocycles. The second-order valence-corrected chi connectivity index (χ2v) is 7.56. The molecular formula is C22H16F12O2. The average Bonchev–Trinajstić information content (AvgIpc) is 2.82. The molecule has 2 nitrogen and oxygen atoms in total. The molecule has 0 saturated heterocycles. The molecule has 0 aliphatic heterocycles. The minimum absolute atomic E-state index is 0.521. The zero-order chi connectivity index (χ0) is 27.7. The van der Waals surface area contributed by atoms with Crippen molar-refractivity contribution in [2.45, 2.75) is 49.4 Å². The molecule has 0 bridgehead atoms. The van der Waals surface area contributed by atoms with Crippen molar-refractivity contribution in [3.05, 3.63) is 59.7 Å². The Morgan fingerprint density at radius 3 is 1.58 bits per heavy atom. The topological polar surface area (TPSA) is 26.3 Å². The molecule has 0 aromatic heterocycles. The molecule has 0 unspecified atom stereocenters. The molecular weight excluding hydrogens is 524 g/mol. The number of rotatable bonds is 10. The van der Waals surface area contributed by atoms with E-state index in [1.54, 1.807) is 24.3 Å². The van der Waals surface area contributed by atoms with Gasteiger partial charge in [0.05, 0.1) is 5.56 Å². The predicted octanol–water partition coefficient (Wildman–Crippen LogP) is 7.51. The molecule has 0 aliphatic rings. The molecule has 0 amide bonds. The molecule has 36 heavy (non-hydrogen) atoms. The van der Waals surface area contributed by atoms with Crippen LogP contribution in [0.25, 0.3) is 11.1 Å². The monoisotopic (exact) mass is 540 g/mol. The van der Waals surface area contributed by atoms with E-state index >= 15 is 0 Å². The number of alkyl halides is 12. The maximum absolute atomic E-state index is 13.8. The van der Waals surface area contributed by atoms with E-state index in [-0.39, 0.29) is 0 Å². The van der Waals surface area contributed by atoms with Gasteiger partial charge in [-0.05, 0) is 35.2 Å². The summed E-state index contributed by atoms with van der Waals surface area (Å²) >= 11 is 0. The summed E-state index contributed by atoms with van der Waals surface area (Å²) in [4.78, 5) is 11.9. The normalized spacial score (nSPS) is 13.7. The number of halogens is 12. The molecule has 0 atom stereocenters. The highest BCUT2D eigenvalue weighted by molar-refractivity contribution is 5.90. The molecule has 2 rings (SSSR count). The van der Waals surface area contributed by atoms with E-state index < -0.39 is 54.2 Å². The third-order valence-electron chi connectivity index (χ3n) is 5.14. The van der Waals surface area contributed by atoms with Crippen LogP contribution in [0.15, 0.2) is 48.5 Å². The summed E-state index contributed by atoms with van der Waals surface area (Å²) in [5.41, 5.74) is 1.66. The van der Waals surface area contributed by atoms with Crippen LogP contribution >= 0.6 is 0 Å². The van der Waals surface area contributed by atoms with Crippen LogP contribution in [0, 0.1) is 0 Å². The van der Waals surface area contributed by atoms with Crippen LogP contribution in [-0.4, -0.2) is 48.6 Å². The highest BCUT2D eigenvalue weighted by atomic mass is 19.4. The second-order valence-electron chi connectivity index (χ2n) is 7.56. The van der Waals surface area contributed by atoms with Gasteiger partial charge in [0, 0.05) is 0 Å². The highest BCUT2D eigenvalue weighted by Crippen LogP contribution is 2.58. The van der Waals surface area contributed by atoms with Crippen LogP contribution in [-0.2, 0) is 11.2 Å². The van der Waals surface area contributed by atoms with Crippen molar-refractivity contribution in [1.82, 2.24) is 0 Å². The molecule has 0 radical (unpaired) electrons. The molecule has 14 heteroatoms. The first-order valence-electron chi connectivity index (χ1n) is 9.87. The third-order valence-corrected chi connectivity index (χ3v) is 5.14. The number of esters is 1. The van der Waals surface area contributed by atoms with Gasteiger partial charge in [-0.2, -0.15) is 43.9 Å². The number of hydrogen-bond donors (Lipinski definition) is 0. The molecule has 200 valence electrons. The lowest BCUT2D eigenvalue weighted by atomic mass is 9.94. The van der Waals surface area contributed by atoms with E-state index in [0.29, 0.717) is 11.1 Å². The number of hydrogen-bond acceptors (Lipinski definition) is 2. The Balaban J connectivity index is 2.19. The quantitative estimate of drug-likeness (QED) is 0.230. The second kappa shape index (κ2) is 9.85. The maximum Gasteiger partial charge on any atom is 0.384 e. The molecule has 0 spiro atoms. The van der Waals surface area contributed by atoms with Crippen LogP contribution < -0.4 is 0 Å². The summed E-state index contributed by atoms with van der Waals surface area (Å²) < 4.78 is 162. The summed E-state index contributed by atoms with van der Waals surface area (Å²) in [5, 5.41) is 0. The van der Waals surface area contributed by atoms with Crippen molar-refractivity contribution in [3.8, 4) is 11.1 Å². The van der Waals surface area contributed by atoms with Gasteiger partial charge < -0.3 is 4.74 Å². The zero-order valence-corrected chi connectivity index (χ0v) is 18.0. The molecule has 2 aromatic rings. The zero-order valence-electron chi connectivity index (χ0n) is 18.0. The van der Waals surface area contributed by atoms with Crippen LogP contribution in [0.2, 0.25) is 0 Å². The van der Waals surface area contributed by atoms with E-state index in [4.69, 9.17) is 0 Å². The van der Waals surface area contributed by atoms with Gasteiger partial charge in [-0.1, -0.05) is 43.3 Å². The first-order chi connectivity index (χ1) is 16.3. The minimum Gasteiger partial charge on any atom is -0.455 e. The Bertz CT molecular complexity index is 1050. The highest BCUT2D eigenvalue weighted by Gasteiger charge is 2.87. The van der Waals surface area contributed by atoms with Crippen LogP contribution in [0.4, 0.5) is 52.7 Å². The Morgan fingerprint density at radius 2 is 1.17 bits per heavy atom. The van der Waals surface area contributed by atoms with E-state index in [0.717, 1.165) is 24.1 Å². The van der Waals surface area contributed by atoms with Gasteiger partial charge in [0.25, 0.3) is 0 Å². The summed E-state index contributed by atoms with van der Waals surface area (Å²) in [5.74, 6) is -37.8. The largest absolute Gasteiger partial charge is 0.455 e. The van der Waals surface area contributed by atoms with Gasteiger partial charge in [-0.25, -0.2) is 13.6 Å². The lowest BCUT2D eigenvalue weighted by molar-refractivity contribution is -0.414. The van der Waals surface area contributed by atoms with Crippen molar-refractivity contribution in [2.75, 3.05) is 6.61 Å². The van der Waals surface area contributed by atoms with Gasteiger partial charge in [0.15, 0.2) is 6.61 Å². The fraction of sp³-hybridized carbons (Fsp3) is 0.409. The first kappa shape index (κ1) is 29.3. The molecule has 0 aliphatic carbocycles. The van der Waals surface area contributed by atoms with Crippen molar-refractivity contribution < 1.29 is 62.2 Å². The maximum atomic E-state index is 13.8.